The van der Waals surface area contributed by atoms with Crippen LogP contribution >= 0.6 is 0 Å². The predicted octanol–water partition coefficient (Wildman–Crippen LogP) is 2.08. The molecular weight excluding hydrogens is 320 g/mol. The number of carbonyl (C=O) groups excluding carboxylic acids is 1. The number of nitrogens with one attached hydrogen (secondary N) is 1. The number of benzene rings is 1. The first kappa shape index (κ1) is 19.5. The second-order valence-electron chi connectivity index (χ2n) is 7.19. The number of ether oxygens (including phenoxy) is 3. The van der Waals surface area contributed by atoms with Crippen LogP contribution in [0.5, 0.6) is 11.5 Å². The standard InChI is InChI=1S/C19H30N2O4/c1-14-10-21(11-15(2)25-14)19(3,4)13-20-18(22)12-24-17-9-7-6-8-16(17)23-5/h6-9,14-15H,10-13H2,1-5H3,(H,20,22)/t14-,15+. The van der Waals surface area contributed by atoms with Crippen molar-refractivity contribution in [3.63, 3.8) is 0 Å². The maximum atomic E-state index is 12.2. The molecule has 0 aromatic heterocycles. The largest absolute Gasteiger partial charge is 0.493 e. The predicted molar refractivity (Wildman–Crippen MR) is 97.2 cm³/mol. The molecule has 1 aromatic rings. The molecule has 2 rings (SSSR count). The van der Waals surface area contributed by atoms with E-state index in [1.807, 2.05) is 12.1 Å². The Kier molecular flexibility index (Phi) is 6.67. The average Bonchev–Trinajstić information content (AvgIpc) is 2.57. The van der Waals surface area contributed by atoms with Gasteiger partial charge in [0.2, 0.25) is 0 Å². The van der Waals surface area contributed by atoms with Crippen molar-refractivity contribution in [3.05, 3.63) is 24.3 Å². The molecule has 6 heteroatoms. The molecule has 6 nitrogen and oxygen atoms in total. The number of hydrogen-bond donors (Lipinski definition) is 1. The number of rotatable bonds is 7. The van der Waals surface area contributed by atoms with Gasteiger partial charge < -0.3 is 19.5 Å². The van der Waals surface area contributed by atoms with Gasteiger partial charge in [0, 0.05) is 25.2 Å². The summed E-state index contributed by atoms with van der Waals surface area (Å²) in [5.41, 5.74) is -0.146. The van der Waals surface area contributed by atoms with Crippen LogP contribution in [0.15, 0.2) is 24.3 Å². The third-order valence-electron chi connectivity index (χ3n) is 4.42. The molecule has 1 N–H and O–H groups in total. The topological polar surface area (TPSA) is 60.0 Å². The first-order chi connectivity index (χ1) is 11.8. The van der Waals surface area contributed by atoms with Gasteiger partial charge in [0.05, 0.1) is 19.3 Å². The first-order valence-electron chi connectivity index (χ1n) is 8.75. The summed E-state index contributed by atoms with van der Waals surface area (Å²) in [6, 6.07) is 7.29. The first-order valence-corrected chi connectivity index (χ1v) is 8.75. The molecule has 1 saturated heterocycles. The van der Waals surface area contributed by atoms with Crippen molar-refractivity contribution in [1.29, 1.82) is 0 Å². The molecule has 2 atom stereocenters. The minimum absolute atomic E-state index is 0.0353. The number of hydrogen-bond acceptors (Lipinski definition) is 5. The summed E-state index contributed by atoms with van der Waals surface area (Å²) in [5.74, 6) is 1.04. The minimum atomic E-state index is -0.146. The molecule has 0 radical (unpaired) electrons. The van der Waals surface area contributed by atoms with Gasteiger partial charge in [-0.15, -0.1) is 0 Å². The summed E-state index contributed by atoms with van der Waals surface area (Å²) < 4.78 is 16.6. The fourth-order valence-corrected chi connectivity index (χ4v) is 3.03. The van der Waals surface area contributed by atoms with Crippen LogP contribution in [0.1, 0.15) is 27.7 Å². The van der Waals surface area contributed by atoms with Crippen molar-refractivity contribution < 1.29 is 19.0 Å². The second kappa shape index (κ2) is 8.54. The minimum Gasteiger partial charge on any atom is -0.493 e. The number of carbonyl (C=O) groups is 1. The highest BCUT2D eigenvalue weighted by molar-refractivity contribution is 5.77. The molecule has 1 aromatic carbocycles. The van der Waals surface area contributed by atoms with Gasteiger partial charge in [-0.05, 0) is 39.8 Å². The molecule has 0 aliphatic carbocycles. The molecule has 140 valence electrons. The lowest BCUT2D eigenvalue weighted by Gasteiger charge is -2.45. The summed E-state index contributed by atoms with van der Waals surface area (Å²) in [6.45, 7) is 10.7. The van der Waals surface area contributed by atoms with Crippen molar-refractivity contribution in [1.82, 2.24) is 10.2 Å². The Balaban J connectivity index is 1.82. The van der Waals surface area contributed by atoms with E-state index < -0.39 is 0 Å². The molecule has 0 saturated carbocycles. The summed E-state index contributed by atoms with van der Waals surface area (Å²) in [5, 5.41) is 2.97. The van der Waals surface area contributed by atoms with Crippen LogP contribution in [0.2, 0.25) is 0 Å². The Bertz CT molecular complexity index is 566. The van der Waals surface area contributed by atoms with Crippen molar-refractivity contribution in [3.8, 4) is 11.5 Å². The Morgan fingerprint density at radius 2 is 1.84 bits per heavy atom. The van der Waals surface area contributed by atoms with E-state index in [-0.39, 0.29) is 30.3 Å². The van der Waals surface area contributed by atoms with E-state index in [4.69, 9.17) is 14.2 Å². The van der Waals surface area contributed by atoms with E-state index >= 15 is 0 Å². The zero-order valence-electron chi connectivity index (χ0n) is 15.9. The maximum absolute atomic E-state index is 12.2. The third kappa shape index (κ3) is 5.61. The Morgan fingerprint density at radius 1 is 1.24 bits per heavy atom. The van der Waals surface area contributed by atoms with Gasteiger partial charge in [-0.25, -0.2) is 0 Å². The molecule has 1 amide bonds. The Labute approximate surface area is 150 Å². The lowest BCUT2D eigenvalue weighted by molar-refractivity contribution is -0.124. The third-order valence-corrected chi connectivity index (χ3v) is 4.42. The lowest BCUT2D eigenvalue weighted by Crippen LogP contribution is -2.58. The van der Waals surface area contributed by atoms with Crippen molar-refractivity contribution in [2.75, 3.05) is 33.4 Å². The zero-order chi connectivity index (χ0) is 18.4. The van der Waals surface area contributed by atoms with Crippen LogP contribution in [0.25, 0.3) is 0 Å². The average molecular weight is 350 g/mol. The number of methoxy groups -OCH3 is 1. The van der Waals surface area contributed by atoms with Gasteiger partial charge in [0.15, 0.2) is 18.1 Å². The van der Waals surface area contributed by atoms with E-state index in [0.717, 1.165) is 13.1 Å². The number of morpholine rings is 1. The number of nitrogens with zero attached hydrogens (tertiary/aromatic N) is 1. The Morgan fingerprint density at radius 3 is 2.44 bits per heavy atom. The summed E-state index contributed by atoms with van der Waals surface area (Å²) in [4.78, 5) is 14.5. The molecule has 0 spiro atoms. The van der Waals surface area contributed by atoms with Crippen LogP contribution in [0.3, 0.4) is 0 Å². The normalized spacial score (nSPS) is 21.6. The van der Waals surface area contributed by atoms with Crippen molar-refractivity contribution in [2.45, 2.75) is 45.4 Å². The van der Waals surface area contributed by atoms with E-state index in [1.54, 1.807) is 19.2 Å². The van der Waals surface area contributed by atoms with Crippen LogP contribution < -0.4 is 14.8 Å². The van der Waals surface area contributed by atoms with Gasteiger partial charge >= 0.3 is 0 Å². The highest BCUT2D eigenvalue weighted by Crippen LogP contribution is 2.25. The van der Waals surface area contributed by atoms with Crippen LogP contribution in [0, 0.1) is 0 Å². The van der Waals surface area contributed by atoms with Gasteiger partial charge in [-0.3, -0.25) is 9.69 Å². The highest BCUT2D eigenvalue weighted by Gasteiger charge is 2.33. The summed E-state index contributed by atoms with van der Waals surface area (Å²) in [6.07, 6.45) is 0.403. The van der Waals surface area contributed by atoms with Crippen LogP contribution in [-0.2, 0) is 9.53 Å². The maximum Gasteiger partial charge on any atom is 0.258 e. The van der Waals surface area contributed by atoms with Gasteiger partial charge in [-0.1, -0.05) is 12.1 Å². The molecule has 1 aliphatic rings. The lowest BCUT2D eigenvalue weighted by atomic mass is 10.00. The van der Waals surface area contributed by atoms with Crippen LogP contribution in [0.4, 0.5) is 0 Å². The quantitative estimate of drug-likeness (QED) is 0.816. The Hall–Kier alpha value is -1.79. The molecule has 1 heterocycles. The van der Waals surface area contributed by atoms with Crippen molar-refractivity contribution in [2.24, 2.45) is 0 Å². The molecule has 1 aliphatic heterocycles. The SMILES string of the molecule is COc1ccccc1OCC(=O)NCC(C)(C)N1C[C@@H](C)O[C@@H](C)C1. The van der Waals surface area contributed by atoms with Crippen molar-refractivity contribution >= 4 is 5.91 Å². The molecule has 1 fully saturated rings. The van der Waals surface area contributed by atoms with Gasteiger partial charge in [-0.2, -0.15) is 0 Å². The van der Waals surface area contributed by atoms with Gasteiger partial charge in [0.25, 0.3) is 5.91 Å². The van der Waals surface area contributed by atoms with E-state index in [9.17, 15) is 4.79 Å². The second-order valence-corrected chi connectivity index (χ2v) is 7.19. The summed E-state index contributed by atoms with van der Waals surface area (Å²) in [7, 11) is 1.58. The summed E-state index contributed by atoms with van der Waals surface area (Å²) >= 11 is 0. The molecular formula is C19H30N2O4. The fraction of sp³-hybridized carbons (Fsp3) is 0.632. The number of para-hydroxylation sites is 2. The van der Waals surface area contributed by atoms with E-state index in [2.05, 4.69) is 37.9 Å². The van der Waals surface area contributed by atoms with Crippen LogP contribution in [-0.4, -0.2) is 61.9 Å². The molecule has 0 unspecified atom stereocenters. The molecule has 0 bridgehead atoms. The van der Waals surface area contributed by atoms with Gasteiger partial charge in [0.1, 0.15) is 0 Å². The number of amides is 1. The zero-order valence-corrected chi connectivity index (χ0v) is 15.9. The fourth-order valence-electron chi connectivity index (χ4n) is 3.03. The molecule has 25 heavy (non-hydrogen) atoms. The monoisotopic (exact) mass is 350 g/mol. The van der Waals surface area contributed by atoms with E-state index in [0.29, 0.717) is 18.0 Å². The highest BCUT2D eigenvalue weighted by atomic mass is 16.5. The smallest absolute Gasteiger partial charge is 0.258 e. The van der Waals surface area contributed by atoms with E-state index in [1.165, 1.54) is 0 Å².